The topological polar surface area (TPSA) is 66.4 Å². The van der Waals surface area contributed by atoms with E-state index in [1.165, 1.54) is 32.3 Å². The second-order valence-electron chi connectivity index (χ2n) is 6.73. The van der Waals surface area contributed by atoms with Crippen molar-refractivity contribution in [1.82, 2.24) is 5.48 Å². The Bertz CT molecular complexity index is 595. The fourth-order valence-corrected chi connectivity index (χ4v) is 1.57. The molecule has 0 spiro atoms. The molecule has 0 heterocycles. The number of hydrogen-bond acceptors (Lipinski definition) is 3. The van der Waals surface area contributed by atoms with E-state index in [1.807, 2.05) is 30.3 Å². The van der Waals surface area contributed by atoms with Crippen LogP contribution in [0.15, 0.2) is 42.5 Å². The monoisotopic (exact) mass is 387 g/mol. The smallest absolute Gasteiger partial charge is 0.243 e. The lowest BCUT2D eigenvalue weighted by Crippen LogP contribution is -2.17. The summed E-state index contributed by atoms with van der Waals surface area (Å²) in [4.78, 5) is 20.9. The van der Waals surface area contributed by atoms with Gasteiger partial charge in [-0.15, -0.1) is 0 Å². The maximum absolute atomic E-state index is 10.5. The highest BCUT2D eigenvalue weighted by Gasteiger charge is 1.96. The number of amides is 1. The van der Waals surface area contributed by atoms with Crippen LogP contribution in [0.25, 0.3) is 0 Å². The van der Waals surface area contributed by atoms with Gasteiger partial charge in [0.15, 0.2) is 5.78 Å². The number of ketones is 1. The number of rotatable bonds is 7. The summed E-state index contributed by atoms with van der Waals surface area (Å²) in [6.07, 6.45) is 9.05. The first-order valence-electron chi connectivity index (χ1n) is 10.0. The Morgan fingerprint density at radius 1 is 1.11 bits per heavy atom. The van der Waals surface area contributed by atoms with Gasteiger partial charge in [-0.3, -0.25) is 14.8 Å². The molecular weight excluding hydrogens is 350 g/mol. The Hall–Kier alpha value is -2.38. The summed E-state index contributed by atoms with van der Waals surface area (Å²) < 4.78 is 0. The van der Waals surface area contributed by atoms with E-state index in [9.17, 15) is 9.59 Å². The number of nitrogens with one attached hydrogen (secondary N) is 1. The minimum atomic E-state index is -0.281. The predicted octanol–water partition coefficient (Wildman–Crippen LogP) is 5.70. The average molecular weight is 388 g/mol. The normalized spacial score (nSPS) is 9.39. The predicted molar refractivity (Wildman–Crippen MR) is 117 cm³/mol. The minimum Gasteiger partial charge on any atom is -0.295 e. The lowest BCUT2D eigenvalue weighted by molar-refractivity contribution is -0.129. The van der Waals surface area contributed by atoms with Gasteiger partial charge >= 0.3 is 0 Å². The maximum Gasteiger partial charge on any atom is 0.243 e. The summed E-state index contributed by atoms with van der Waals surface area (Å²) in [6, 6.07) is 9.65. The van der Waals surface area contributed by atoms with E-state index in [-0.39, 0.29) is 11.7 Å². The van der Waals surface area contributed by atoms with E-state index < -0.39 is 0 Å². The van der Waals surface area contributed by atoms with Crippen LogP contribution in [0.2, 0.25) is 0 Å². The van der Waals surface area contributed by atoms with Crippen LogP contribution in [0.1, 0.15) is 78.7 Å². The van der Waals surface area contributed by atoms with Crippen molar-refractivity contribution in [3.63, 3.8) is 0 Å². The van der Waals surface area contributed by atoms with E-state index in [4.69, 9.17) is 5.21 Å². The number of carbonyl (C=O) groups is 2. The van der Waals surface area contributed by atoms with Crippen LogP contribution in [0.5, 0.6) is 0 Å². The van der Waals surface area contributed by atoms with Crippen LogP contribution in [0.4, 0.5) is 0 Å². The summed E-state index contributed by atoms with van der Waals surface area (Å²) in [5.41, 5.74) is 2.56. The highest BCUT2D eigenvalue weighted by atomic mass is 16.5. The molecule has 0 saturated heterocycles. The van der Waals surface area contributed by atoms with Gasteiger partial charge in [-0.1, -0.05) is 83.4 Å². The van der Waals surface area contributed by atoms with Crippen LogP contribution in [-0.2, 0) is 9.59 Å². The van der Waals surface area contributed by atoms with Crippen molar-refractivity contribution in [3.8, 4) is 11.8 Å². The zero-order chi connectivity index (χ0) is 21.6. The lowest BCUT2D eigenvalue weighted by atomic mass is 10.1. The van der Waals surface area contributed by atoms with Crippen LogP contribution in [-0.4, -0.2) is 16.9 Å². The van der Waals surface area contributed by atoms with Crippen molar-refractivity contribution in [3.05, 3.63) is 48.0 Å². The number of hydroxylamine groups is 1. The molecule has 0 aliphatic rings. The van der Waals surface area contributed by atoms with Gasteiger partial charge in [0.25, 0.3) is 0 Å². The quantitative estimate of drug-likeness (QED) is 0.207. The highest BCUT2D eigenvalue weighted by molar-refractivity contribution is 5.87. The molecule has 0 aromatic heterocycles. The van der Waals surface area contributed by atoms with E-state index in [1.54, 1.807) is 11.6 Å². The third kappa shape index (κ3) is 23.6. The number of allylic oxidation sites excluding steroid dienone is 2. The second-order valence-corrected chi connectivity index (χ2v) is 6.73. The first-order valence-corrected chi connectivity index (χ1v) is 10.0. The molecule has 4 heteroatoms. The van der Waals surface area contributed by atoms with Crippen LogP contribution < -0.4 is 5.48 Å². The van der Waals surface area contributed by atoms with Crippen molar-refractivity contribution in [2.75, 3.05) is 0 Å². The van der Waals surface area contributed by atoms with Gasteiger partial charge in [0.05, 0.1) is 0 Å². The molecule has 1 aromatic carbocycles. The van der Waals surface area contributed by atoms with Gasteiger partial charge in [0.1, 0.15) is 0 Å². The average Bonchev–Trinajstić information content (AvgIpc) is 2.70. The number of unbranched alkanes of at least 4 members (excludes halogenated alkanes) is 3. The summed E-state index contributed by atoms with van der Waals surface area (Å²) in [5, 5.41) is 8.09. The largest absolute Gasteiger partial charge is 0.295 e. The van der Waals surface area contributed by atoms with Crippen LogP contribution in [0, 0.1) is 17.8 Å². The summed E-state index contributed by atoms with van der Waals surface area (Å²) in [7, 11) is 0. The molecule has 1 aromatic rings. The molecule has 0 unspecified atom stereocenters. The van der Waals surface area contributed by atoms with Gasteiger partial charge in [0.2, 0.25) is 5.91 Å². The summed E-state index contributed by atoms with van der Waals surface area (Å²) in [5.74, 6) is 6.31. The van der Waals surface area contributed by atoms with E-state index in [0.29, 0.717) is 6.42 Å². The van der Waals surface area contributed by atoms with Gasteiger partial charge in [-0.2, -0.15) is 0 Å². The van der Waals surface area contributed by atoms with Gasteiger partial charge in [0, 0.05) is 12.0 Å². The number of carbonyl (C=O) groups excluding carboxylic acids is 2. The van der Waals surface area contributed by atoms with E-state index in [2.05, 4.69) is 39.5 Å². The minimum absolute atomic E-state index is 0.0161. The molecule has 28 heavy (non-hydrogen) atoms. The molecular formula is C24H37NO3. The van der Waals surface area contributed by atoms with Crippen LogP contribution >= 0.6 is 0 Å². The maximum atomic E-state index is 10.5. The second kappa shape index (κ2) is 20.9. The number of benzene rings is 1. The SMILES string of the molecule is CC(=O)/C=C/C#Cc1ccccc1.CCC(C)C.CCCCCCC(=O)NO. The molecule has 1 rings (SSSR count). The Morgan fingerprint density at radius 3 is 2.18 bits per heavy atom. The standard InChI is InChI=1S/C12H10O.C7H15NO2.C5H12/c1-11(13)7-5-6-10-12-8-3-2-4-9-12;1-2-3-4-5-6-7(9)8-10;1-4-5(2)3/h2-5,7-9H,1H3;10H,2-6H2,1H3,(H,8,9);5H,4H2,1-3H3/b7-5+;;. The molecule has 1 amide bonds. The molecule has 0 atom stereocenters. The van der Waals surface area contributed by atoms with Crippen molar-refractivity contribution >= 4 is 11.7 Å². The molecule has 2 N–H and O–H groups in total. The van der Waals surface area contributed by atoms with Crippen molar-refractivity contribution in [1.29, 1.82) is 0 Å². The molecule has 0 aliphatic heterocycles. The first kappa shape index (κ1) is 27.8. The molecule has 0 fully saturated rings. The van der Waals surface area contributed by atoms with Crippen molar-refractivity contribution in [2.45, 2.75) is 73.1 Å². The number of hydrogen-bond donors (Lipinski definition) is 2. The van der Waals surface area contributed by atoms with Crippen molar-refractivity contribution in [2.24, 2.45) is 5.92 Å². The van der Waals surface area contributed by atoms with Crippen molar-refractivity contribution < 1.29 is 14.8 Å². The van der Waals surface area contributed by atoms with Gasteiger partial charge in [-0.05, 0) is 43.5 Å². The Balaban J connectivity index is 0. The van der Waals surface area contributed by atoms with Crippen LogP contribution in [0.3, 0.4) is 0 Å². The fraction of sp³-hybridized carbons (Fsp3) is 0.500. The molecule has 4 nitrogen and oxygen atoms in total. The Kier molecular flexibility index (Phi) is 20.8. The summed E-state index contributed by atoms with van der Waals surface area (Å²) >= 11 is 0. The first-order chi connectivity index (χ1) is 13.4. The highest BCUT2D eigenvalue weighted by Crippen LogP contribution is 2.01. The molecule has 0 aliphatic carbocycles. The third-order valence-corrected chi connectivity index (χ3v) is 3.59. The summed E-state index contributed by atoms with van der Waals surface area (Å²) in [6.45, 7) is 10.3. The molecule has 0 bridgehead atoms. The molecule has 0 radical (unpaired) electrons. The molecule has 156 valence electrons. The van der Waals surface area contributed by atoms with E-state index in [0.717, 1.165) is 24.3 Å². The zero-order valence-electron chi connectivity index (χ0n) is 18.1. The fourth-order valence-electron chi connectivity index (χ4n) is 1.57. The third-order valence-electron chi connectivity index (χ3n) is 3.59. The Labute approximate surface area is 171 Å². The Morgan fingerprint density at radius 2 is 1.71 bits per heavy atom. The lowest BCUT2D eigenvalue weighted by Gasteiger charge is -1.96. The van der Waals surface area contributed by atoms with Gasteiger partial charge < -0.3 is 0 Å². The van der Waals surface area contributed by atoms with E-state index >= 15 is 0 Å². The molecule has 0 saturated carbocycles. The van der Waals surface area contributed by atoms with Gasteiger partial charge in [-0.25, -0.2) is 5.48 Å². The zero-order valence-corrected chi connectivity index (χ0v) is 18.1.